The van der Waals surface area contributed by atoms with Crippen molar-refractivity contribution in [3.8, 4) is 5.75 Å². The monoisotopic (exact) mass is 374 g/mol. The lowest BCUT2D eigenvalue weighted by Gasteiger charge is -2.17. The topological polar surface area (TPSA) is 84.0 Å². The van der Waals surface area contributed by atoms with Gasteiger partial charge in [0.05, 0.1) is 7.11 Å². The normalized spacial score (nSPS) is 15.1. The van der Waals surface area contributed by atoms with Gasteiger partial charge < -0.3 is 20.7 Å². The third-order valence-corrected chi connectivity index (χ3v) is 4.57. The molecule has 3 N–H and O–H groups in total. The van der Waals surface area contributed by atoms with Gasteiger partial charge in [-0.1, -0.05) is 25.7 Å². The number of halogens is 1. The quantitative estimate of drug-likeness (QED) is 0.622. The lowest BCUT2D eigenvalue weighted by Crippen LogP contribution is -2.21. The standard InChI is InChI=1S/C19H27FN6O/c1-3-21-17-24-18(22-13-8-6-4-5-7-9-13)26-19(25-17)23-14-10-11-16(27-2)15(20)12-14/h10-13H,3-9H2,1-2H3,(H3,21,22,23,24,25,26). The highest BCUT2D eigenvalue weighted by molar-refractivity contribution is 5.57. The van der Waals surface area contributed by atoms with Crippen molar-refractivity contribution in [1.82, 2.24) is 15.0 Å². The second kappa shape index (κ2) is 9.34. The van der Waals surface area contributed by atoms with Gasteiger partial charge >= 0.3 is 0 Å². The largest absolute Gasteiger partial charge is 0.494 e. The summed E-state index contributed by atoms with van der Waals surface area (Å²) in [6.45, 7) is 2.68. The maximum atomic E-state index is 13.9. The van der Waals surface area contributed by atoms with Crippen molar-refractivity contribution in [2.24, 2.45) is 0 Å². The molecule has 0 spiro atoms. The minimum atomic E-state index is -0.444. The van der Waals surface area contributed by atoms with E-state index in [9.17, 15) is 4.39 Å². The number of hydrogen-bond acceptors (Lipinski definition) is 7. The fraction of sp³-hybridized carbons (Fsp3) is 0.526. The molecule has 0 amide bonds. The van der Waals surface area contributed by atoms with E-state index in [1.807, 2.05) is 6.92 Å². The summed E-state index contributed by atoms with van der Waals surface area (Å²) in [4.78, 5) is 13.3. The predicted octanol–water partition coefficient (Wildman–Crippen LogP) is 4.33. The highest BCUT2D eigenvalue weighted by Gasteiger charge is 2.15. The van der Waals surface area contributed by atoms with Crippen molar-refractivity contribution < 1.29 is 9.13 Å². The van der Waals surface area contributed by atoms with Crippen LogP contribution in [0.5, 0.6) is 5.75 Å². The molecule has 1 saturated carbocycles. The van der Waals surface area contributed by atoms with Gasteiger partial charge in [-0.2, -0.15) is 15.0 Å². The summed E-state index contributed by atoms with van der Waals surface area (Å²) in [5, 5.41) is 9.60. The molecule has 1 fully saturated rings. The van der Waals surface area contributed by atoms with E-state index in [0.29, 0.717) is 36.1 Å². The van der Waals surface area contributed by atoms with E-state index in [-0.39, 0.29) is 5.75 Å². The Hall–Kier alpha value is -2.64. The van der Waals surface area contributed by atoms with Crippen LogP contribution in [0.1, 0.15) is 45.4 Å². The molecule has 0 atom stereocenters. The maximum Gasteiger partial charge on any atom is 0.233 e. The molecule has 0 bridgehead atoms. The van der Waals surface area contributed by atoms with Crippen molar-refractivity contribution in [2.75, 3.05) is 29.6 Å². The zero-order valence-electron chi connectivity index (χ0n) is 15.9. The Labute approximate surface area is 159 Å². The van der Waals surface area contributed by atoms with Gasteiger partial charge in [-0.05, 0) is 31.9 Å². The Morgan fingerprint density at radius 3 is 2.41 bits per heavy atom. The lowest BCUT2D eigenvalue weighted by molar-refractivity contribution is 0.386. The van der Waals surface area contributed by atoms with E-state index in [4.69, 9.17) is 4.74 Å². The molecular formula is C19H27FN6O. The Kier molecular flexibility index (Phi) is 6.62. The van der Waals surface area contributed by atoms with Crippen LogP contribution >= 0.6 is 0 Å². The lowest BCUT2D eigenvalue weighted by atomic mass is 10.1. The maximum absolute atomic E-state index is 13.9. The van der Waals surface area contributed by atoms with Crippen LogP contribution in [-0.4, -0.2) is 34.6 Å². The minimum absolute atomic E-state index is 0.195. The van der Waals surface area contributed by atoms with Crippen LogP contribution in [-0.2, 0) is 0 Å². The minimum Gasteiger partial charge on any atom is -0.494 e. The molecule has 0 saturated heterocycles. The molecule has 1 aliphatic carbocycles. The summed E-state index contributed by atoms with van der Waals surface area (Å²) in [7, 11) is 1.44. The van der Waals surface area contributed by atoms with Crippen molar-refractivity contribution in [3.63, 3.8) is 0 Å². The van der Waals surface area contributed by atoms with E-state index >= 15 is 0 Å². The SMILES string of the molecule is CCNc1nc(Nc2ccc(OC)c(F)c2)nc(NC2CCCCCC2)n1. The van der Waals surface area contributed by atoms with Crippen molar-refractivity contribution >= 4 is 23.5 Å². The number of methoxy groups -OCH3 is 1. The smallest absolute Gasteiger partial charge is 0.233 e. The second-order valence-electron chi connectivity index (χ2n) is 6.64. The zero-order chi connectivity index (χ0) is 19.1. The Bertz CT molecular complexity index is 749. The second-order valence-corrected chi connectivity index (χ2v) is 6.64. The summed E-state index contributed by atoms with van der Waals surface area (Å²) < 4.78 is 18.9. The highest BCUT2D eigenvalue weighted by atomic mass is 19.1. The molecule has 1 aromatic carbocycles. The van der Waals surface area contributed by atoms with Crippen LogP contribution in [0, 0.1) is 5.82 Å². The number of benzene rings is 1. The van der Waals surface area contributed by atoms with Crippen molar-refractivity contribution in [1.29, 1.82) is 0 Å². The van der Waals surface area contributed by atoms with Crippen LogP contribution in [0.3, 0.4) is 0 Å². The zero-order valence-corrected chi connectivity index (χ0v) is 15.9. The van der Waals surface area contributed by atoms with E-state index in [2.05, 4.69) is 30.9 Å². The van der Waals surface area contributed by atoms with E-state index in [1.165, 1.54) is 38.9 Å². The molecule has 146 valence electrons. The van der Waals surface area contributed by atoms with Gasteiger partial charge in [-0.15, -0.1) is 0 Å². The number of hydrogen-bond donors (Lipinski definition) is 3. The number of ether oxygens (including phenoxy) is 1. The number of anilines is 4. The first-order chi connectivity index (χ1) is 13.2. The van der Waals surface area contributed by atoms with Crippen LogP contribution in [0.15, 0.2) is 18.2 Å². The average Bonchev–Trinajstić information content (AvgIpc) is 2.91. The number of nitrogens with zero attached hydrogens (tertiary/aromatic N) is 3. The van der Waals surface area contributed by atoms with Gasteiger partial charge in [0, 0.05) is 24.3 Å². The summed E-state index contributed by atoms with van der Waals surface area (Å²) in [6.07, 6.45) is 7.25. The van der Waals surface area contributed by atoms with Crippen LogP contribution in [0.25, 0.3) is 0 Å². The van der Waals surface area contributed by atoms with Gasteiger partial charge in [0.25, 0.3) is 0 Å². The summed E-state index contributed by atoms with van der Waals surface area (Å²) in [5.41, 5.74) is 0.544. The van der Waals surface area contributed by atoms with Gasteiger partial charge in [0.15, 0.2) is 11.6 Å². The first-order valence-electron chi connectivity index (χ1n) is 9.55. The molecule has 1 heterocycles. The molecule has 1 aromatic heterocycles. The first-order valence-corrected chi connectivity index (χ1v) is 9.55. The van der Waals surface area contributed by atoms with Crippen molar-refractivity contribution in [2.45, 2.75) is 51.5 Å². The summed E-state index contributed by atoms with van der Waals surface area (Å²) in [5.74, 6) is 1.13. The summed E-state index contributed by atoms with van der Waals surface area (Å²) in [6, 6.07) is 5.01. The van der Waals surface area contributed by atoms with E-state index in [1.54, 1.807) is 12.1 Å². The molecule has 2 aromatic rings. The number of rotatable bonds is 7. The Balaban J connectivity index is 1.79. The van der Waals surface area contributed by atoms with Crippen molar-refractivity contribution in [3.05, 3.63) is 24.0 Å². The Morgan fingerprint density at radius 1 is 1.04 bits per heavy atom. The third kappa shape index (κ3) is 5.42. The fourth-order valence-electron chi connectivity index (χ4n) is 3.21. The molecular weight excluding hydrogens is 347 g/mol. The van der Waals surface area contributed by atoms with Crippen LogP contribution < -0.4 is 20.7 Å². The molecule has 27 heavy (non-hydrogen) atoms. The molecule has 7 nitrogen and oxygen atoms in total. The van der Waals surface area contributed by atoms with Gasteiger partial charge in [0.1, 0.15) is 0 Å². The Morgan fingerprint density at radius 2 is 1.74 bits per heavy atom. The number of aromatic nitrogens is 3. The van der Waals surface area contributed by atoms with Gasteiger partial charge in [-0.3, -0.25) is 0 Å². The van der Waals surface area contributed by atoms with Gasteiger partial charge in [-0.25, -0.2) is 4.39 Å². The van der Waals surface area contributed by atoms with Crippen LogP contribution in [0.2, 0.25) is 0 Å². The average molecular weight is 374 g/mol. The fourth-order valence-corrected chi connectivity index (χ4v) is 3.21. The summed E-state index contributed by atoms with van der Waals surface area (Å²) >= 11 is 0. The van der Waals surface area contributed by atoms with Gasteiger partial charge in [0.2, 0.25) is 17.8 Å². The number of nitrogens with one attached hydrogen (secondary N) is 3. The van der Waals surface area contributed by atoms with Crippen LogP contribution in [0.4, 0.5) is 27.9 Å². The first kappa shape index (κ1) is 19.1. The van der Waals surface area contributed by atoms with E-state index in [0.717, 1.165) is 12.8 Å². The highest BCUT2D eigenvalue weighted by Crippen LogP contribution is 2.24. The molecule has 0 unspecified atom stereocenters. The van der Waals surface area contributed by atoms with E-state index < -0.39 is 5.82 Å². The third-order valence-electron chi connectivity index (χ3n) is 4.57. The molecule has 0 radical (unpaired) electrons. The molecule has 8 heteroatoms. The molecule has 3 rings (SSSR count). The molecule has 0 aliphatic heterocycles. The predicted molar refractivity (Wildman–Crippen MR) is 105 cm³/mol. The molecule has 1 aliphatic rings.